The molecule has 0 atom stereocenters. The molecular weight excluding hydrogens is 286 g/mol. The highest BCUT2D eigenvalue weighted by atomic mass is 16.5. The number of pyridine rings is 2. The zero-order valence-corrected chi connectivity index (χ0v) is 13.6. The molecule has 3 rings (SSSR count). The fourth-order valence-corrected chi connectivity index (χ4v) is 2.54. The van der Waals surface area contributed by atoms with Gasteiger partial charge in [-0.3, -0.25) is 9.88 Å². The third-order valence-electron chi connectivity index (χ3n) is 3.81. The predicted molar refractivity (Wildman–Crippen MR) is 92.5 cm³/mol. The molecule has 0 radical (unpaired) electrons. The van der Waals surface area contributed by atoms with Crippen LogP contribution in [0.1, 0.15) is 11.3 Å². The minimum absolute atomic E-state index is 0.617. The van der Waals surface area contributed by atoms with Gasteiger partial charge in [0.25, 0.3) is 0 Å². The number of fused-ring (bicyclic) bond motifs is 1. The van der Waals surface area contributed by atoms with Gasteiger partial charge in [0, 0.05) is 36.4 Å². The highest BCUT2D eigenvalue weighted by molar-refractivity contribution is 5.80. The molecule has 0 saturated carbocycles. The van der Waals surface area contributed by atoms with Crippen LogP contribution in [-0.4, -0.2) is 35.1 Å². The normalized spacial score (nSPS) is 11.1. The molecule has 0 fully saturated rings. The van der Waals surface area contributed by atoms with Gasteiger partial charge in [-0.25, -0.2) is 4.98 Å². The van der Waals surface area contributed by atoms with Crippen molar-refractivity contribution in [2.45, 2.75) is 13.5 Å². The molecule has 23 heavy (non-hydrogen) atoms. The van der Waals surface area contributed by atoms with Crippen LogP contribution in [-0.2, 0) is 6.54 Å². The molecule has 2 heterocycles. The number of hydrogen-bond acceptors (Lipinski definition) is 4. The monoisotopic (exact) mass is 307 g/mol. The first-order valence-corrected chi connectivity index (χ1v) is 7.80. The summed E-state index contributed by atoms with van der Waals surface area (Å²) in [6.45, 7) is 4.37. The van der Waals surface area contributed by atoms with Crippen molar-refractivity contribution in [2.24, 2.45) is 0 Å². The Labute approximate surface area is 136 Å². The standard InChI is InChI=1S/C19H21N3O/c1-15-17-8-9-19(21-18(17)10-11-20-15)23-13-12-22(2)14-16-6-4-3-5-7-16/h3-11H,12-14H2,1-2H3. The molecule has 118 valence electrons. The molecule has 0 aliphatic carbocycles. The van der Waals surface area contributed by atoms with Crippen molar-refractivity contribution in [3.63, 3.8) is 0 Å². The van der Waals surface area contributed by atoms with E-state index in [1.807, 2.05) is 31.2 Å². The van der Waals surface area contributed by atoms with Gasteiger partial charge in [-0.15, -0.1) is 0 Å². The van der Waals surface area contributed by atoms with Crippen molar-refractivity contribution >= 4 is 10.9 Å². The van der Waals surface area contributed by atoms with Crippen LogP contribution in [0, 0.1) is 6.92 Å². The Morgan fingerprint density at radius 1 is 1.04 bits per heavy atom. The summed E-state index contributed by atoms with van der Waals surface area (Å²) < 4.78 is 5.79. The zero-order chi connectivity index (χ0) is 16.1. The fourth-order valence-electron chi connectivity index (χ4n) is 2.54. The van der Waals surface area contributed by atoms with Crippen molar-refractivity contribution in [2.75, 3.05) is 20.2 Å². The lowest BCUT2D eigenvalue weighted by molar-refractivity contribution is 0.228. The third-order valence-corrected chi connectivity index (χ3v) is 3.81. The summed E-state index contributed by atoms with van der Waals surface area (Å²) >= 11 is 0. The lowest BCUT2D eigenvalue weighted by Crippen LogP contribution is -2.24. The molecule has 2 aromatic heterocycles. The van der Waals surface area contributed by atoms with E-state index in [0.29, 0.717) is 12.5 Å². The van der Waals surface area contributed by atoms with Gasteiger partial charge in [-0.2, -0.15) is 0 Å². The molecule has 0 unspecified atom stereocenters. The lowest BCUT2D eigenvalue weighted by atomic mass is 10.2. The van der Waals surface area contributed by atoms with Crippen LogP contribution in [0.3, 0.4) is 0 Å². The van der Waals surface area contributed by atoms with E-state index in [0.717, 1.165) is 29.7 Å². The molecular formula is C19H21N3O. The van der Waals surface area contributed by atoms with Crippen molar-refractivity contribution < 1.29 is 4.74 Å². The third kappa shape index (κ3) is 4.05. The zero-order valence-electron chi connectivity index (χ0n) is 13.6. The maximum Gasteiger partial charge on any atom is 0.213 e. The summed E-state index contributed by atoms with van der Waals surface area (Å²) in [7, 11) is 2.10. The highest BCUT2D eigenvalue weighted by Crippen LogP contribution is 2.18. The van der Waals surface area contributed by atoms with Crippen molar-refractivity contribution in [3.8, 4) is 5.88 Å². The molecule has 0 aliphatic heterocycles. The van der Waals surface area contributed by atoms with Gasteiger partial charge < -0.3 is 4.74 Å². The first kappa shape index (κ1) is 15.4. The van der Waals surface area contributed by atoms with E-state index in [4.69, 9.17) is 4.74 Å². The minimum Gasteiger partial charge on any atom is -0.476 e. The molecule has 0 bridgehead atoms. The van der Waals surface area contributed by atoms with Crippen LogP contribution in [0.4, 0.5) is 0 Å². The van der Waals surface area contributed by atoms with Crippen LogP contribution >= 0.6 is 0 Å². The second-order valence-corrected chi connectivity index (χ2v) is 5.68. The Hall–Kier alpha value is -2.46. The number of aromatic nitrogens is 2. The molecule has 4 heteroatoms. The van der Waals surface area contributed by atoms with Gasteiger partial charge >= 0.3 is 0 Å². The Kier molecular flexibility index (Phi) is 4.83. The van der Waals surface area contributed by atoms with Gasteiger partial charge in [0.2, 0.25) is 5.88 Å². The van der Waals surface area contributed by atoms with Crippen molar-refractivity contribution in [1.29, 1.82) is 0 Å². The summed E-state index contributed by atoms with van der Waals surface area (Å²) in [5.74, 6) is 0.663. The van der Waals surface area contributed by atoms with Gasteiger partial charge in [0.15, 0.2) is 0 Å². The molecule has 4 nitrogen and oxygen atoms in total. The maximum absolute atomic E-state index is 5.79. The van der Waals surface area contributed by atoms with E-state index in [9.17, 15) is 0 Å². The number of likely N-dealkylation sites (N-methyl/N-ethyl adjacent to an activating group) is 1. The largest absolute Gasteiger partial charge is 0.476 e. The van der Waals surface area contributed by atoms with Crippen LogP contribution in [0.25, 0.3) is 10.9 Å². The fraction of sp³-hybridized carbons (Fsp3) is 0.263. The van der Waals surface area contributed by atoms with Crippen LogP contribution in [0.5, 0.6) is 5.88 Å². The summed E-state index contributed by atoms with van der Waals surface area (Å²) in [4.78, 5) is 11.1. The first-order chi connectivity index (χ1) is 11.2. The quantitative estimate of drug-likeness (QED) is 0.699. The number of aryl methyl sites for hydroxylation is 1. The second-order valence-electron chi connectivity index (χ2n) is 5.68. The molecule has 0 amide bonds. The van der Waals surface area contributed by atoms with Gasteiger partial charge in [0.05, 0.1) is 5.52 Å². The Morgan fingerprint density at radius 2 is 1.87 bits per heavy atom. The topological polar surface area (TPSA) is 38.3 Å². The minimum atomic E-state index is 0.617. The first-order valence-electron chi connectivity index (χ1n) is 7.80. The van der Waals surface area contributed by atoms with E-state index in [1.165, 1.54) is 5.56 Å². The van der Waals surface area contributed by atoms with Crippen LogP contribution in [0.15, 0.2) is 54.7 Å². The average molecular weight is 307 g/mol. The van der Waals surface area contributed by atoms with E-state index in [2.05, 4.69) is 46.2 Å². The Bertz CT molecular complexity index is 774. The number of nitrogens with zero attached hydrogens (tertiary/aromatic N) is 3. The lowest BCUT2D eigenvalue weighted by Gasteiger charge is -2.16. The van der Waals surface area contributed by atoms with Crippen LogP contribution in [0.2, 0.25) is 0 Å². The summed E-state index contributed by atoms with van der Waals surface area (Å²) in [5.41, 5.74) is 3.22. The van der Waals surface area contributed by atoms with E-state index < -0.39 is 0 Å². The van der Waals surface area contributed by atoms with Crippen LogP contribution < -0.4 is 4.74 Å². The molecule has 3 aromatic rings. The SMILES string of the molecule is Cc1nccc2nc(OCCN(C)Cc3ccccc3)ccc12. The maximum atomic E-state index is 5.79. The van der Waals surface area contributed by atoms with E-state index in [-0.39, 0.29) is 0 Å². The number of hydrogen-bond donors (Lipinski definition) is 0. The van der Waals surface area contributed by atoms with Gasteiger partial charge in [0.1, 0.15) is 6.61 Å². The molecule has 0 aliphatic rings. The molecule has 1 aromatic carbocycles. The summed E-state index contributed by atoms with van der Waals surface area (Å²) in [6, 6.07) is 16.3. The molecule has 0 saturated heterocycles. The highest BCUT2D eigenvalue weighted by Gasteiger charge is 2.04. The number of ether oxygens (including phenoxy) is 1. The smallest absolute Gasteiger partial charge is 0.213 e. The molecule has 0 spiro atoms. The van der Waals surface area contributed by atoms with Crippen molar-refractivity contribution in [1.82, 2.24) is 14.9 Å². The van der Waals surface area contributed by atoms with E-state index in [1.54, 1.807) is 6.20 Å². The average Bonchev–Trinajstić information content (AvgIpc) is 2.56. The van der Waals surface area contributed by atoms with E-state index >= 15 is 0 Å². The number of rotatable bonds is 6. The Balaban J connectivity index is 1.54. The summed E-state index contributed by atoms with van der Waals surface area (Å²) in [6.07, 6.45) is 1.78. The summed E-state index contributed by atoms with van der Waals surface area (Å²) in [5, 5.41) is 1.07. The van der Waals surface area contributed by atoms with Gasteiger partial charge in [-0.1, -0.05) is 30.3 Å². The predicted octanol–water partition coefficient (Wildman–Crippen LogP) is 3.45. The second kappa shape index (κ2) is 7.20. The van der Waals surface area contributed by atoms with Gasteiger partial charge in [-0.05, 0) is 31.7 Å². The number of benzene rings is 1. The molecule has 0 N–H and O–H groups in total. The Morgan fingerprint density at radius 3 is 2.70 bits per heavy atom. The van der Waals surface area contributed by atoms with Crippen molar-refractivity contribution in [3.05, 3.63) is 66.0 Å².